The topological polar surface area (TPSA) is 50.4 Å². The van der Waals surface area contributed by atoms with Crippen LogP contribution in [0.5, 0.6) is 0 Å². The van der Waals surface area contributed by atoms with Crippen LogP contribution in [0.25, 0.3) is 0 Å². The third kappa shape index (κ3) is 3.51. The molecule has 20 heavy (non-hydrogen) atoms. The molecule has 1 aliphatic heterocycles. The fourth-order valence-electron chi connectivity index (χ4n) is 2.57. The van der Waals surface area contributed by atoms with Gasteiger partial charge in [-0.05, 0) is 51.3 Å². The number of carbonyl (C=O) groups excluding carboxylic acids is 1. The van der Waals surface area contributed by atoms with Crippen molar-refractivity contribution in [2.24, 2.45) is 0 Å². The summed E-state index contributed by atoms with van der Waals surface area (Å²) in [5.74, 6) is -0.0334. The number of benzene rings is 1. The normalized spacial score (nSPS) is 22.4. The fourth-order valence-corrected chi connectivity index (χ4v) is 2.57. The molecule has 4 nitrogen and oxygen atoms in total. The van der Waals surface area contributed by atoms with Crippen molar-refractivity contribution in [2.75, 3.05) is 25.1 Å². The highest BCUT2D eigenvalue weighted by molar-refractivity contribution is 6.00. The highest BCUT2D eigenvalue weighted by Gasteiger charge is 2.30. The van der Waals surface area contributed by atoms with Crippen molar-refractivity contribution in [3.63, 3.8) is 0 Å². The Bertz CT molecular complexity index is 479. The molecule has 1 aliphatic rings. The van der Waals surface area contributed by atoms with Crippen molar-refractivity contribution in [2.45, 2.75) is 39.2 Å². The van der Waals surface area contributed by atoms with Gasteiger partial charge in [0.15, 0.2) is 0 Å². The zero-order chi connectivity index (χ0) is 14.6. The molecule has 1 amide bonds. The molecule has 1 unspecified atom stereocenters. The molecule has 1 saturated heterocycles. The molecular weight excluding hydrogens is 252 g/mol. The largest absolute Gasteiger partial charge is 0.385 e. The van der Waals surface area contributed by atoms with E-state index in [1.807, 2.05) is 39.0 Å². The average Bonchev–Trinajstić information content (AvgIpc) is 2.39. The average molecular weight is 276 g/mol. The summed E-state index contributed by atoms with van der Waals surface area (Å²) < 4.78 is 5.49. The second-order valence-corrected chi connectivity index (χ2v) is 5.75. The monoisotopic (exact) mass is 276 g/mol. The van der Waals surface area contributed by atoms with Crippen LogP contribution in [0, 0.1) is 6.92 Å². The Balaban J connectivity index is 2.16. The van der Waals surface area contributed by atoms with Gasteiger partial charge in [-0.1, -0.05) is 6.07 Å². The lowest BCUT2D eigenvalue weighted by Crippen LogP contribution is -2.51. The molecule has 0 spiro atoms. The Morgan fingerprint density at radius 3 is 2.90 bits per heavy atom. The Labute approximate surface area is 120 Å². The minimum atomic E-state index is -0.260. The highest BCUT2D eigenvalue weighted by Crippen LogP contribution is 2.22. The van der Waals surface area contributed by atoms with Crippen LogP contribution in [-0.2, 0) is 4.74 Å². The van der Waals surface area contributed by atoms with Gasteiger partial charge in [0.05, 0.1) is 17.7 Å². The lowest BCUT2D eigenvalue weighted by molar-refractivity contribution is 0.0273. The Kier molecular flexibility index (Phi) is 4.65. The minimum absolute atomic E-state index is 0.0334. The summed E-state index contributed by atoms with van der Waals surface area (Å²) in [5, 5.41) is 6.38. The van der Waals surface area contributed by atoms with Gasteiger partial charge >= 0.3 is 0 Å². The molecule has 1 atom stereocenters. The van der Waals surface area contributed by atoms with Gasteiger partial charge in [0, 0.05) is 18.8 Å². The summed E-state index contributed by atoms with van der Waals surface area (Å²) in [4.78, 5) is 12.5. The zero-order valence-electron chi connectivity index (χ0n) is 12.6. The van der Waals surface area contributed by atoms with Gasteiger partial charge in [0.2, 0.25) is 0 Å². The molecule has 0 saturated carbocycles. The minimum Gasteiger partial charge on any atom is -0.385 e. The molecule has 1 heterocycles. The number of aryl methyl sites for hydroxylation is 1. The number of hydrogen-bond donors (Lipinski definition) is 2. The van der Waals surface area contributed by atoms with E-state index in [-0.39, 0.29) is 11.4 Å². The van der Waals surface area contributed by atoms with Crippen LogP contribution in [0.4, 0.5) is 5.69 Å². The molecular formula is C16H24N2O2. The maximum atomic E-state index is 12.5. The summed E-state index contributed by atoms with van der Waals surface area (Å²) >= 11 is 0. The van der Waals surface area contributed by atoms with Crippen LogP contribution in [0.3, 0.4) is 0 Å². The molecule has 1 aromatic carbocycles. The van der Waals surface area contributed by atoms with E-state index in [1.165, 1.54) is 0 Å². The van der Waals surface area contributed by atoms with Crippen molar-refractivity contribution in [3.05, 3.63) is 29.3 Å². The molecule has 0 radical (unpaired) electrons. The molecule has 2 rings (SSSR count). The predicted molar refractivity (Wildman–Crippen MR) is 81.3 cm³/mol. The number of rotatable bonds is 4. The zero-order valence-corrected chi connectivity index (χ0v) is 12.6. The number of anilines is 1. The van der Waals surface area contributed by atoms with Crippen molar-refractivity contribution in [3.8, 4) is 0 Å². The lowest BCUT2D eigenvalue weighted by atomic mass is 9.94. The maximum absolute atomic E-state index is 12.5. The molecule has 110 valence electrons. The second-order valence-electron chi connectivity index (χ2n) is 5.75. The van der Waals surface area contributed by atoms with E-state index < -0.39 is 0 Å². The SMILES string of the molecule is CCNc1cc(C)ccc1C(=O)NC1(C)CCCOC1. The predicted octanol–water partition coefficient (Wildman–Crippen LogP) is 2.73. The molecule has 0 bridgehead atoms. The summed E-state index contributed by atoms with van der Waals surface area (Å²) in [5.41, 5.74) is 2.48. The number of hydrogen-bond acceptors (Lipinski definition) is 3. The van der Waals surface area contributed by atoms with Gasteiger partial charge < -0.3 is 15.4 Å². The first-order chi connectivity index (χ1) is 9.54. The van der Waals surface area contributed by atoms with Gasteiger partial charge in [-0.3, -0.25) is 4.79 Å². The molecule has 0 aromatic heterocycles. The standard InChI is InChI=1S/C16H24N2O2/c1-4-17-14-10-12(2)6-7-13(14)15(19)18-16(3)8-5-9-20-11-16/h6-7,10,17H,4-5,8-9,11H2,1-3H3,(H,18,19). The van der Waals surface area contributed by atoms with Crippen molar-refractivity contribution in [1.29, 1.82) is 0 Å². The first kappa shape index (κ1) is 14.9. The van der Waals surface area contributed by atoms with E-state index >= 15 is 0 Å². The van der Waals surface area contributed by atoms with Crippen LogP contribution >= 0.6 is 0 Å². The Morgan fingerprint density at radius 2 is 2.25 bits per heavy atom. The molecule has 0 aliphatic carbocycles. The third-order valence-electron chi connectivity index (χ3n) is 3.64. The highest BCUT2D eigenvalue weighted by atomic mass is 16.5. The number of amides is 1. The van der Waals surface area contributed by atoms with Gasteiger partial charge in [-0.2, -0.15) is 0 Å². The van der Waals surface area contributed by atoms with E-state index in [1.54, 1.807) is 0 Å². The third-order valence-corrected chi connectivity index (χ3v) is 3.64. The van der Waals surface area contributed by atoms with E-state index in [0.717, 1.165) is 37.2 Å². The molecule has 2 N–H and O–H groups in total. The smallest absolute Gasteiger partial charge is 0.253 e. The summed E-state index contributed by atoms with van der Waals surface area (Å²) in [6, 6.07) is 5.86. The van der Waals surface area contributed by atoms with E-state index in [2.05, 4.69) is 10.6 Å². The van der Waals surface area contributed by atoms with Crippen LogP contribution in [0.2, 0.25) is 0 Å². The summed E-state index contributed by atoms with van der Waals surface area (Å²) in [6.45, 7) is 8.27. The fraction of sp³-hybridized carbons (Fsp3) is 0.562. The first-order valence-electron chi connectivity index (χ1n) is 7.29. The lowest BCUT2D eigenvalue weighted by Gasteiger charge is -2.34. The van der Waals surface area contributed by atoms with Crippen LogP contribution in [0.15, 0.2) is 18.2 Å². The van der Waals surface area contributed by atoms with Crippen LogP contribution in [0.1, 0.15) is 42.6 Å². The number of nitrogens with one attached hydrogen (secondary N) is 2. The number of carbonyl (C=O) groups is 1. The Morgan fingerprint density at radius 1 is 1.45 bits per heavy atom. The van der Waals surface area contributed by atoms with Crippen molar-refractivity contribution in [1.82, 2.24) is 5.32 Å². The summed E-state index contributed by atoms with van der Waals surface area (Å²) in [7, 11) is 0. The first-order valence-corrected chi connectivity index (χ1v) is 7.29. The van der Waals surface area contributed by atoms with Gasteiger partial charge in [0.1, 0.15) is 0 Å². The maximum Gasteiger partial charge on any atom is 0.253 e. The number of ether oxygens (including phenoxy) is 1. The van der Waals surface area contributed by atoms with E-state index in [9.17, 15) is 4.79 Å². The van der Waals surface area contributed by atoms with Gasteiger partial charge in [-0.15, -0.1) is 0 Å². The quantitative estimate of drug-likeness (QED) is 0.889. The summed E-state index contributed by atoms with van der Waals surface area (Å²) in [6.07, 6.45) is 1.95. The van der Waals surface area contributed by atoms with Gasteiger partial charge in [0.25, 0.3) is 5.91 Å². The molecule has 1 aromatic rings. The van der Waals surface area contributed by atoms with Gasteiger partial charge in [-0.25, -0.2) is 0 Å². The second kappa shape index (κ2) is 6.27. The van der Waals surface area contributed by atoms with E-state index in [0.29, 0.717) is 12.2 Å². The van der Waals surface area contributed by atoms with Crippen LogP contribution < -0.4 is 10.6 Å². The van der Waals surface area contributed by atoms with Crippen LogP contribution in [-0.4, -0.2) is 31.2 Å². The molecule has 1 fully saturated rings. The Hall–Kier alpha value is -1.55. The van der Waals surface area contributed by atoms with Crippen molar-refractivity contribution >= 4 is 11.6 Å². The molecule has 4 heteroatoms. The van der Waals surface area contributed by atoms with E-state index in [4.69, 9.17) is 4.74 Å². The van der Waals surface area contributed by atoms with Crippen molar-refractivity contribution < 1.29 is 9.53 Å².